The molecule has 7 heteroatoms. The van der Waals surface area contributed by atoms with Crippen LogP contribution in [0.15, 0.2) is 47.6 Å². The molecule has 1 aliphatic heterocycles. The van der Waals surface area contributed by atoms with Crippen LogP contribution in [0.5, 0.6) is 0 Å². The van der Waals surface area contributed by atoms with Crippen LogP contribution in [0.25, 0.3) is 6.08 Å². The summed E-state index contributed by atoms with van der Waals surface area (Å²) in [4.78, 5) is 29.8. The number of aromatic nitrogens is 1. The van der Waals surface area contributed by atoms with E-state index in [1.807, 2.05) is 0 Å². The maximum atomic E-state index is 13.1. The molecule has 1 aromatic carbocycles. The molecule has 1 aromatic heterocycles. The molecule has 0 bridgehead atoms. The minimum Gasteiger partial charge on any atom is -0.268 e. The summed E-state index contributed by atoms with van der Waals surface area (Å²) < 4.78 is 13.1. The second-order valence-corrected chi connectivity index (χ2v) is 6.18. The first-order valence-electron chi connectivity index (χ1n) is 6.64. The lowest BCUT2D eigenvalue weighted by Gasteiger charge is -2.13. The molecule has 4 nitrogen and oxygen atoms in total. The van der Waals surface area contributed by atoms with Crippen molar-refractivity contribution in [2.45, 2.75) is 6.54 Å². The summed E-state index contributed by atoms with van der Waals surface area (Å²) in [5.74, 6) is -0.859. The number of carbonyl (C=O) groups excluding carboxylic acids is 2. The molecule has 1 aliphatic rings. The highest BCUT2D eigenvalue weighted by Crippen LogP contribution is 2.34. The minimum atomic E-state index is -0.467. The lowest BCUT2D eigenvalue weighted by Crippen LogP contribution is -2.27. The van der Waals surface area contributed by atoms with Crippen LogP contribution >= 0.6 is 23.4 Å². The Morgan fingerprint density at radius 2 is 1.96 bits per heavy atom. The van der Waals surface area contributed by atoms with Crippen LogP contribution in [-0.2, 0) is 11.3 Å². The molecule has 116 valence electrons. The van der Waals surface area contributed by atoms with E-state index in [1.165, 1.54) is 12.1 Å². The molecular formula is C16H10ClFN2O2S. The topological polar surface area (TPSA) is 50.3 Å². The van der Waals surface area contributed by atoms with Crippen LogP contribution in [0.2, 0.25) is 5.02 Å². The smallest absolute Gasteiger partial charge is 0.268 e. The summed E-state index contributed by atoms with van der Waals surface area (Å²) in [6.07, 6.45) is 4.85. The van der Waals surface area contributed by atoms with Crippen LogP contribution in [0.4, 0.5) is 9.18 Å². The first-order valence-corrected chi connectivity index (χ1v) is 7.83. The normalized spacial score (nSPS) is 16.4. The quantitative estimate of drug-likeness (QED) is 0.783. The Balaban J connectivity index is 1.83. The molecule has 0 radical (unpaired) electrons. The van der Waals surface area contributed by atoms with Gasteiger partial charge in [0.2, 0.25) is 0 Å². The molecule has 0 unspecified atom stereocenters. The Morgan fingerprint density at radius 1 is 1.22 bits per heavy atom. The van der Waals surface area contributed by atoms with Crippen molar-refractivity contribution in [2.24, 2.45) is 0 Å². The van der Waals surface area contributed by atoms with Crippen molar-refractivity contribution in [1.29, 1.82) is 0 Å². The van der Waals surface area contributed by atoms with Gasteiger partial charge in [0, 0.05) is 17.4 Å². The average Bonchev–Trinajstić information content (AvgIpc) is 2.78. The molecule has 0 saturated carbocycles. The lowest BCUT2D eigenvalue weighted by molar-refractivity contribution is -0.123. The third-order valence-electron chi connectivity index (χ3n) is 3.22. The highest BCUT2D eigenvalue weighted by atomic mass is 35.5. The van der Waals surface area contributed by atoms with Crippen LogP contribution in [-0.4, -0.2) is 21.0 Å². The zero-order valence-electron chi connectivity index (χ0n) is 11.7. The fourth-order valence-electron chi connectivity index (χ4n) is 2.07. The fraction of sp³-hybridized carbons (Fsp3) is 0.0625. The SMILES string of the molecule is O=C1SC(=Cc2ccncc2)C(=O)N1Cc1ccc(F)cc1Cl. The summed E-state index contributed by atoms with van der Waals surface area (Å²) in [7, 11) is 0. The summed E-state index contributed by atoms with van der Waals surface area (Å²) in [6.45, 7) is 0.0114. The van der Waals surface area contributed by atoms with Crippen LogP contribution < -0.4 is 0 Å². The first kappa shape index (κ1) is 15.7. The van der Waals surface area contributed by atoms with Gasteiger partial charge < -0.3 is 0 Å². The number of carbonyl (C=O) groups is 2. The Hall–Kier alpha value is -2.18. The third-order valence-corrected chi connectivity index (χ3v) is 4.48. The van der Waals surface area contributed by atoms with Crippen LogP contribution in [0.1, 0.15) is 11.1 Å². The van der Waals surface area contributed by atoms with Gasteiger partial charge in [-0.25, -0.2) is 4.39 Å². The van der Waals surface area contributed by atoms with Crippen molar-refractivity contribution in [3.8, 4) is 0 Å². The second kappa shape index (κ2) is 6.52. The Morgan fingerprint density at radius 3 is 2.65 bits per heavy atom. The molecule has 23 heavy (non-hydrogen) atoms. The molecule has 0 aliphatic carbocycles. The van der Waals surface area contributed by atoms with Gasteiger partial charge in [0.1, 0.15) is 5.82 Å². The Labute approximate surface area is 141 Å². The predicted molar refractivity (Wildman–Crippen MR) is 87.2 cm³/mol. The van der Waals surface area contributed by atoms with E-state index >= 15 is 0 Å². The van der Waals surface area contributed by atoms with Crippen molar-refractivity contribution in [3.05, 3.63) is 69.6 Å². The van der Waals surface area contributed by atoms with Gasteiger partial charge in [0.25, 0.3) is 11.1 Å². The number of hydrogen-bond donors (Lipinski definition) is 0. The average molecular weight is 349 g/mol. The highest BCUT2D eigenvalue weighted by molar-refractivity contribution is 8.18. The van der Waals surface area contributed by atoms with Gasteiger partial charge in [-0.2, -0.15) is 0 Å². The van der Waals surface area contributed by atoms with Gasteiger partial charge in [0.15, 0.2) is 0 Å². The zero-order chi connectivity index (χ0) is 16.4. The van der Waals surface area contributed by atoms with E-state index in [4.69, 9.17) is 11.6 Å². The van der Waals surface area contributed by atoms with Gasteiger partial charge in [-0.1, -0.05) is 17.7 Å². The van der Waals surface area contributed by atoms with E-state index in [1.54, 1.807) is 30.6 Å². The maximum Gasteiger partial charge on any atom is 0.293 e. The van der Waals surface area contributed by atoms with Crippen molar-refractivity contribution in [2.75, 3.05) is 0 Å². The lowest BCUT2D eigenvalue weighted by atomic mass is 10.2. The molecule has 0 spiro atoms. The molecule has 1 saturated heterocycles. The molecule has 3 rings (SSSR count). The first-order chi connectivity index (χ1) is 11.0. The number of halogens is 2. The van der Waals surface area contributed by atoms with Crippen molar-refractivity contribution >= 4 is 40.6 Å². The number of rotatable bonds is 3. The predicted octanol–water partition coefficient (Wildman–Crippen LogP) is 4.11. The summed E-state index contributed by atoms with van der Waals surface area (Å²) in [5.41, 5.74) is 1.30. The maximum absolute atomic E-state index is 13.1. The molecule has 2 heterocycles. The number of benzene rings is 1. The van der Waals surface area contributed by atoms with Crippen molar-refractivity contribution in [3.63, 3.8) is 0 Å². The number of pyridine rings is 1. The minimum absolute atomic E-state index is 0.0114. The number of hydrogen-bond acceptors (Lipinski definition) is 4. The summed E-state index contributed by atoms with van der Waals surface area (Å²) in [6, 6.07) is 7.35. The number of nitrogens with zero attached hydrogens (tertiary/aromatic N) is 2. The number of thioether (sulfide) groups is 1. The van der Waals surface area contributed by atoms with Gasteiger partial charge in [-0.05, 0) is 53.2 Å². The van der Waals surface area contributed by atoms with Gasteiger partial charge in [-0.15, -0.1) is 0 Å². The summed E-state index contributed by atoms with van der Waals surface area (Å²) in [5, 5.41) is -0.196. The van der Waals surface area contributed by atoms with E-state index in [2.05, 4.69) is 4.98 Å². The van der Waals surface area contributed by atoms with E-state index in [0.29, 0.717) is 10.5 Å². The van der Waals surface area contributed by atoms with E-state index in [9.17, 15) is 14.0 Å². The molecule has 0 N–H and O–H groups in total. The van der Waals surface area contributed by atoms with Crippen LogP contribution in [0, 0.1) is 5.82 Å². The monoisotopic (exact) mass is 348 g/mol. The third kappa shape index (κ3) is 3.43. The Kier molecular flexibility index (Phi) is 4.45. The van der Waals surface area contributed by atoms with E-state index in [0.717, 1.165) is 28.3 Å². The highest BCUT2D eigenvalue weighted by Gasteiger charge is 2.35. The largest absolute Gasteiger partial charge is 0.293 e. The van der Waals surface area contributed by atoms with E-state index in [-0.39, 0.29) is 16.8 Å². The van der Waals surface area contributed by atoms with Gasteiger partial charge in [0.05, 0.1) is 11.4 Å². The number of imide groups is 1. The van der Waals surface area contributed by atoms with Crippen LogP contribution in [0.3, 0.4) is 0 Å². The molecule has 0 atom stereocenters. The van der Waals surface area contributed by atoms with E-state index < -0.39 is 11.7 Å². The molecule has 2 aromatic rings. The fourth-order valence-corrected chi connectivity index (χ4v) is 3.13. The zero-order valence-corrected chi connectivity index (χ0v) is 13.3. The summed E-state index contributed by atoms with van der Waals surface area (Å²) >= 11 is 6.82. The number of amides is 2. The van der Waals surface area contributed by atoms with Gasteiger partial charge >= 0.3 is 0 Å². The molecule has 2 amide bonds. The second-order valence-electron chi connectivity index (χ2n) is 4.78. The van der Waals surface area contributed by atoms with Gasteiger partial charge in [-0.3, -0.25) is 19.5 Å². The Bertz CT molecular complexity index is 811. The molecule has 1 fully saturated rings. The molecular weight excluding hydrogens is 339 g/mol. The standard InChI is InChI=1S/C16H10ClFN2O2S/c17-13-8-12(18)2-1-11(13)9-20-15(21)14(23-16(20)22)7-10-3-5-19-6-4-10/h1-8H,9H2. The van der Waals surface area contributed by atoms with Crippen molar-refractivity contribution in [1.82, 2.24) is 9.88 Å². The van der Waals surface area contributed by atoms with Crippen molar-refractivity contribution < 1.29 is 14.0 Å².